The highest BCUT2D eigenvalue weighted by Crippen LogP contribution is 2.30. The first-order chi connectivity index (χ1) is 6.57. The lowest BCUT2D eigenvalue weighted by Crippen LogP contribution is -1.98. The Morgan fingerprint density at radius 1 is 1.50 bits per heavy atom. The van der Waals surface area contributed by atoms with Crippen LogP contribution in [0.1, 0.15) is 24.8 Å². The zero-order valence-electron chi connectivity index (χ0n) is 7.63. The topological polar surface area (TPSA) is 37.3 Å². The smallest absolute Gasteiger partial charge is 0.200 e. The molecule has 1 aromatic rings. The molecule has 0 heterocycles. The number of phenols is 1. The Morgan fingerprint density at radius 3 is 2.71 bits per heavy atom. The summed E-state index contributed by atoms with van der Waals surface area (Å²) in [5.74, 6) is -3.38. The van der Waals surface area contributed by atoms with Gasteiger partial charge in [-0.05, 0) is 12.0 Å². The minimum absolute atomic E-state index is 0.165. The van der Waals surface area contributed by atoms with Crippen LogP contribution >= 0.6 is 0 Å². The predicted octanol–water partition coefficient (Wildman–Crippen LogP) is 2.36. The average Bonchev–Trinajstić information content (AvgIpc) is 2.15. The van der Waals surface area contributed by atoms with Crippen molar-refractivity contribution in [3.05, 3.63) is 29.3 Å². The van der Waals surface area contributed by atoms with E-state index in [1.165, 1.54) is 6.07 Å². The number of hydrogen-bond acceptors (Lipinski definition) is 2. The monoisotopic (exact) mass is 200 g/mol. The van der Waals surface area contributed by atoms with Crippen molar-refractivity contribution in [3.8, 4) is 5.75 Å². The van der Waals surface area contributed by atoms with Crippen molar-refractivity contribution in [2.45, 2.75) is 19.3 Å². The number of carbonyl (C=O) groups excluding carboxylic acids is 1. The summed E-state index contributed by atoms with van der Waals surface area (Å²) in [5, 5.41) is 9.24. The highest BCUT2D eigenvalue weighted by atomic mass is 19.2. The van der Waals surface area contributed by atoms with Crippen LogP contribution in [-0.2, 0) is 4.79 Å². The molecule has 1 atom stereocenters. The lowest BCUT2D eigenvalue weighted by Gasteiger charge is -2.10. The minimum Gasteiger partial charge on any atom is -0.505 e. The molecule has 1 rings (SSSR count). The maximum Gasteiger partial charge on any atom is 0.200 e. The van der Waals surface area contributed by atoms with E-state index in [0.29, 0.717) is 6.29 Å². The molecule has 0 radical (unpaired) electrons. The predicted molar refractivity (Wildman–Crippen MR) is 47.1 cm³/mol. The van der Waals surface area contributed by atoms with E-state index in [0.717, 1.165) is 6.07 Å². The molecule has 1 unspecified atom stereocenters. The van der Waals surface area contributed by atoms with Gasteiger partial charge in [0.15, 0.2) is 11.6 Å². The van der Waals surface area contributed by atoms with Crippen molar-refractivity contribution in [2.75, 3.05) is 0 Å². The molecule has 0 saturated heterocycles. The van der Waals surface area contributed by atoms with Gasteiger partial charge in [-0.3, -0.25) is 0 Å². The zero-order valence-corrected chi connectivity index (χ0v) is 7.63. The molecule has 1 N–H and O–H groups in total. The number of benzene rings is 1. The van der Waals surface area contributed by atoms with Crippen molar-refractivity contribution in [1.29, 1.82) is 0 Å². The standard InChI is InChI=1S/C10H10F2O2/c1-6(4-5-13)7-2-3-8(11)9(12)10(7)14/h2-3,5-6,14H,4H2,1H3. The SMILES string of the molecule is CC(CC=O)c1ccc(F)c(F)c1O. The van der Waals surface area contributed by atoms with E-state index in [9.17, 15) is 18.7 Å². The van der Waals surface area contributed by atoms with Gasteiger partial charge in [-0.1, -0.05) is 13.0 Å². The van der Waals surface area contributed by atoms with E-state index < -0.39 is 17.4 Å². The fourth-order valence-electron chi connectivity index (χ4n) is 1.22. The van der Waals surface area contributed by atoms with Crippen molar-refractivity contribution in [2.24, 2.45) is 0 Å². The van der Waals surface area contributed by atoms with Crippen LogP contribution in [0.5, 0.6) is 5.75 Å². The molecule has 0 aromatic heterocycles. The molecule has 0 aliphatic carbocycles. The third kappa shape index (κ3) is 1.89. The Bertz CT molecular complexity index is 350. The molecule has 0 aliphatic heterocycles. The fraction of sp³-hybridized carbons (Fsp3) is 0.300. The van der Waals surface area contributed by atoms with Gasteiger partial charge in [0.05, 0.1) is 0 Å². The van der Waals surface area contributed by atoms with Crippen LogP contribution in [-0.4, -0.2) is 11.4 Å². The van der Waals surface area contributed by atoms with Crippen LogP contribution in [0.15, 0.2) is 12.1 Å². The molecule has 0 spiro atoms. The second-order valence-electron chi connectivity index (χ2n) is 3.10. The molecule has 0 amide bonds. The molecule has 2 nitrogen and oxygen atoms in total. The Kier molecular flexibility index (Phi) is 3.17. The van der Waals surface area contributed by atoms with E-state index >= 15 is 0 Å². The van der Waals surface area contributed by atoms with Gasteiger partial charge in [-0.15, -0.1) is 0 Å². The summed E-state index contributed by atoms with van der Waals surface area (Å²) in [7, 11) is 0. The Hall–Kier alpha value is -1.45. The fourth-order valence-corrected chi connectivity index (χ4v) is 1.22. The highest BCUT2D eigenvalue weighted by Gasteiger charge is 2.16. The van der Waals surface area contributed by atoms with Crippen LogP contribution < -0.4 is 0 Å². The van der Waals surface area contributed by atoms with Crippen LogP contribution in [0.3, 0.4) is 0 Å². The third-order valence-electron chi connectivity index (χ3n) is 2.08. The molecule has 76 valence electrons. The molecule has 0 bridgehead atoms. The van der Waals surface area contributed by atoms with Crippen LogP contribution in [0, 0.1) is 11.6 Å². The molecule has 0 aliphatic rings. The quantitative estimate of drug-likeness (QED) is 0.760. The number of rotatable bonds is 3. The summed E-state index contributed by atoms with van der Waals surface area (Å²) < 4.78 is 25.5. The largest absolute Gasteiger partial charge is 0.505 e. The Morgan fingerprint density at radius 2 is 2.14 bits per heavy atom. The van der Waals surface area contributed by atoms with Crippen molar-refractivity contribution < 1.29 is 18.7 Å². The van der Waals surface area contributed by atoms with Gasteiger partial charge >= 0.3 is 0 Å². The third-order valence-corrected chi connectivity index (χ3v) is 2.08. The molecule has 14 heavy (non-hydrogen) atoms. The van der Waals surface area contributed by atoms with E-state index in [-0.39, 0.29) is 17.9 Å². The second-order valence-corrected chi connectivity index (χ2v) is 3.10. The summed E-state index contributed by atoms with van der Waals surface area (Å²) in [6.07, 6.45) is 0.837. The highest BCUT2D eigenvalue weighted by molar-refractivity contribution is 5.52. The number of halogens is 2. The normalized spacial score (nSPS) is 12.5. The van der Waals surface area contributed by atoms with E-state index in [4.69, 9.17) is 0 Å². The van der Waals surface area contributed by atoms with Crippen LogP contribution in [0.4, 0.5) is 8.78 Å². The summed E-state index contributed by atoms with van der Waals surface area (Å²) in [4.78, 5) is 10.2. The maximum atomic E-state index is 12.9. The van der Waals surface area contributed by atoms with Crippen molar-refractivity contribution >= 4 is 6.29 Å². The van der Waals surface area contributed by atoms with Crippen LogP contribution in [0.25, 0.3) is 0 Å². The Balaban J connectivity index is 3.10. The van der Waals surface area contributed by atoms with Crippen molar-refractivity contribution in [1.82, 2.24) is 0 Å². The summed E-state index contributed by atoms with van der Waals surface area (Å²) in [6, 6.07) is 2.22. The lowest BCUT2D eigenvalue weighted by atomic mass is 9.97. The first kappa shape index (κ1) is 10.6. The summed E-state index contributed by atoms with van der Waals surface area (Å²) in [6.45, 7) is 1.65. The van der Waals surface area contributed by atoms with Gasteiger partial charge < -0.3 is 9.90 Å². The van der Waals surface area contributed by atoms with E-state index in [2.05, 4.69) is 0 Å². The lowest BCUT2D eigenvalue weighted by molar-refractivity contribution is -0.108. The Labute approximate surface area is 80.2 Å². The minimum atomic E-state index is -1.26. The molecule has 0 fully saturated rings. The average molecular weight is 200 g/mol. The molecular weight excluding hydrogens is 190 g/mol. The summed E-state index contributed by atoms with van der Waals surface area (Å²) >= 11 is 0. The second kappa shape index (κ2) is 4.17. The zero-order chi connectivity index (χ0) is 10.7. The first-order valence-corrected chi connectivity index (χ1v) is 4.18. The molecule has 1 aromatic carbocycles. The van der Waals surface area contributed by atoms with Gasteiger partial charge in [0.1, 0.15) is 6.29 Å². The van der Waals surface area contributed by atoms with Gasteiger partial charge in [0, 0.05) is 12.0 Å². The summed E-state index contributed by atoms with van der Waals surface area (Å²) in [5.41, 5.74) is 0.246. The van der Waals surface area contributed by atoms with Gasteiger partial charge in [0.25, 0.3) is 0 Å². The van der Waals surface area contributed by atoms with E-state index in [1.54, 1.807) is 6.92 Å². The number of phenolic OH excluding ortho intramolecular Hbond substituents is 1. The maximum absolute atomic E-state index is 12.9. The number of carbonyl (C=O) groups is 1. The number of hydrogen-bond donors (Lipinski definition) is 1. The number of aromatic hydroxyl groups is 1. The van der Waals surface area contributed by atoms with Gasteiger partial charge in [0.2, 0.25) is 5.82 Å². The molecule has 0 saturated carbocycles. The molecular formula is C10H10F2O2. The molecule has 4 heteroatoms. The van der Waals surface area contributed by atoms with Crippen molar-refractivity contribution in [3.63, 3.8) is 0 Å². The van der Waals surface area contributed by atoms with Gasteiger partial charge in [-0.25, -0.2) is 4.39 Å². The van der Waals surface area contributed by atoms with Crippen LogP contribution in [0.2, 0.25) is 0 Å². The van der Waals surface area contributed by atoms with Gasteiger partial charge in [-0.2, -0.15) is 4.39 Å². The van der Waals surface area contributed by atoms with E-state index in [1.807, 2.05) is 0 Å². The first-order valence-electron chi connectivity index (χ1n) is 4.18. The number of aldehydes is 1.